The van der Waals surface area contributed by atoms with Crippen molar-refractivity contribution < 1.29 is 4.79 Å². The van der Waals surface area contributed by atoms with Crippen LogP contribution in [0.1, 0.15) is 40.2 Å². The number of hydrogen-bond acceptors (Lipinski definition) is 2. The summed E-state index contributed by atoms with van der Waals surface area (Å²) < 4.78 is 0. The first-order valence-electron chi connectivity index (χ1n) is 7.08. The average molecular weight is 294 g/mol. The van der Waals surface area contributed by atoms with Crippen LogP contribution in [0.3, 0.4) is 0 Å². The second-order valence-corrected chi connectivity index (χ2v) is 7.84. The lowest BCUT2D eigenvalue weighted by atomic mass is 10.1. The van der Waals surface area contributed by atoms with Crippen LogP contribution in [0.5, 0.6) is 0 Å². The Morgan fingerprint density at radius 3 is 2.30 bits per heavy atom. The first-order valence-corrected chi connectivity index (χ1v) is 7.96. The van der Waals surface area contributed by atoms with Crippen LogP contribution in [-0.2, 0) is 6.42 Å². The number of benzene rings is 1. The summed E-state index contributed by atoms with van der Waals surface area (Å²) in [7, 11) is 0. The van der Waals surface area contributed by atoms with Gasteiger partial charge in [-0.1, -0.05) is 26.0 Å². The van der Waals surface area contributed by atoms with Gasteiger partial charge in [-0.15, -0.1) is 11.8 Å². The zero-order valence-corrected chi connectivity index (χ0v) is 13.9. The Morgan fingerprint density at radius 1 is 1.20 bits per heavy atom. The summed E-state index contributed by atoms with van der Waals surface area (Å²) in [6.45, 7) is 10.9. The minimum absolute atomic E-state index is 0.107. The first-order chi connectivity index (χ1) is 9.26. The van der Waals surface area contributed by atoms with E-state index in [2.05, 4.69) is 48.7 Å². The Morgan fingerprint density at radius 2 is 1.80 bits per heavy atom. The zero-order chi connectivity index (χ0) is 15.2. The van der Waals surface area contributed by atoms with Crippen LogP contribution in [0, 0.1) is 0 Å². The Labute approximate surface area is 126 Å². The molecular formula is C16H26N2OS. The highest BCUT2D eigenvalue weighted by Gasteiger charge is 2.12. The number of hydrogen-bond donors (Lipinski definition) is 2. The van der Waals surface area contributed by atoms with Crippen LogP contribution in [0.25, 0.3) is 0 Å². The molecule has 112 valence electrons. The molecule has 2 N–H and O–H groups in total. The molecule has 2 amide bonds. The molecule has 0 radical (unpaired) electrons. The summed E-state index contributed by atoms with van der Waals surface area (Å²) in [5.41, 5.74) is 1.05. The maximum Gasteiger partial charge on any atom is 0.315 e. The van der Waals surface area contributed by atoms with Crippen LogP contribution >= 0.6 is 11.8 Å². The smallest absolute Gasteiger partial charge is 0.315 e. The van der Waals surface area contributed by atoms with E-state index in [1.807, 2.05) is 32.5 Å². The van der Waals surface area contributed by atoms with Crippen molar-refractivity contribution in [1.82, 2.24) is 10.6 Å². The van der Waals surface area contributed by atoms with Crippen molar-refractivity contribution in [1.29, 1.82) is 0 Å². The van der Waals surface area contributed by atoms with Gasteiger partial charge in [0.1, 0.15) is 0 Å². The molecule has 0 fully saturated rings. The van der Waals surface area contributed by atoms with Gasteiger partial charge in [0.25, 0.3) is 0 Å². The molecule has 0 unspecified atom stereocenters. The van der Waals surface area contributed by atoms with Gasteiger partial charge in [0.2, 0.25) is 0 Å². The van der Waals surface area contributed by atoms with Crippen molar-refractivity contribution in [2.24, 2.45) is 0 Å². The number of urea groups is 1. The van der Waals surface area contributed by atoms with Gasteiger partial charge < -0.3 is 10.6 Å². The minimum Gasteiger partial charge on any atom is -0.338 e. The number of nitrogens with one attached hydrogen (secondary N) is 2. The fraction of sp³-hybridized carbons (Fsp3) is 0.562. The Bertz CT molecular complexity index is 421. The second-order valence-electron chi connectivity index (χ2n) is 6.19. The molecule has 1 rings (SSSR count). The molecular weight excluding hydrogens is 268 g/mol. The van der Waals surface area contributed by atoms with Crippen molar-refractivity contribution in [2.75, 3.05) is 6.54 Å². The average Bonchev–Trinajstić information content (AvgIpc) is 2.28. The molecule has 1 aromatic rings. The van der Waals surface area contributed by atoms with E-state index in [4.69, 9.17) is 0 Å². The zero-order valence-electron chi connectivity index (χ0n) is 13.1. The van der Waals surface area contributed by atoms with Gasteiger partial charge in [0.05, 0.1) is 0 Å². The van der Waals surface area contributed by atoms with Gasteiger partial charge in [-0.05, 0) is 44.9 Å². The van der Waals surface area contributed by atoms with Gasteiger partial charge in [-0.2, -0.15) is 0 Å². The van der Waals surface area contributed by atoms with E-state index in [0.717, 1.165) is 6.42 Å². The summed E-state index contributed by atoms with van der Waals surface area (Å²) in [6.07, 6.45) is 0.851. The third-order valence-corrected chi connectivity index (χ3v) is 3.50. The molecule has 0 atom stereocenters. The standard InChI is InChI=1S/C16H26N2OS/c1-12(2)20-14-8-6-13(7-9-14)10-11-17-15(19)18-16(3,4)5/h6-9,12H,10-11H2,1-5H3,(H2,17,18,19). The van der Waals surface area contributed by atoms with Crippen LogP contribution < -0.4 is 10.6 Å². The van der Waals surface area contributed by atoms with Gasteiger partial charge in [-0.25, -0.2) is 4.79 Å². The summed E-state index contributed by atoms with van der Waals surface area (Å²) in [6, 6.07) is 8.46. The Kier molecular flexibility index (Phi) is 6.40. The second kappa shape index (κ2) is 7.58. The maximum atomic E-state index is 11.6. The summed E-state index contributed by atoms with van der Waals surface area (Å²) in [5.74, 6) is 0. The van der Waals surface area contributed by atoms with E-state index in [-0.39, 0.29) is 11.6 Å². The van der Waals surface area contributed by atoms with Crippen molar-refractivity contribution in [3.05, 3.63) is 29.8 Å². The molecule has 0 heterocycles. The van der Waals surface area contributed by atoms with Crippen molar-refractivity contribution >= 4 is 17.8 Å². The van der Waals surface area contributed by atoms with Crippen molar-refractivity contribution in [2.45, 2.75) is 56.7 Å². The van der Waals surface area contributed by atoms with E-state index in [1.54, 1.807) is 0 Å². The highest BCUT2D eigenvalue weighted by atomic mass is 32.2. The Hall–Kier alpha value is -1.16. The van der Waals surface area contributed by atoms with Gasteiger partial charge in [-0.3, -0.25) is 0 Å². The molecule has 0 bridgehead atoms. The van der Waals surface area contributed by atoms with E-state index >= 15 is 0 Å². The molecule has 20 heavy (non-hydrogen) atoms. The highest BCUT2D eigenvalue weighted by Crippen LogP contribution is 2.22. The van der Waals surface area contributed by atoms with Gasteiger partial charge >= 0.3 is 6.03 Å². The lowest BCUT2D eigenvalue weighted by molar-refractivity contribution is 0.232. The molecule has 0 saturated heterocycles. The molecule has 0 aliphatic rings. The third kappa shape index (κ3) is 7.43. The van der Waals surface area contributed by atoms with Crippen LogP contribution in [-0.4, -0.2) is 23.4 Å². The molecule has 1 aromatic carbocycles. The lowest BCUT2D eigenvalue weighted by Crippen LogP contribution is -2.46. The maximum absolute atomic E-state index is 11.6. The molecule has 0 spiro atoms. The molecule has 0 saturated carbocycles. The molecule has 0 aromatic heterocycles. The van der Waals surface area contributed by atoms with Crippen LogP contribution in [0.15, 0.2) is 29.2 Å². The van der Waals surface area contributed by atoms with Crippen molar-refractivity contribution in [3.63, 3.8) is 0 Å². The van der Waals surface area contributed by atoms with E-state index in [0.29, 0.717) is 11.8 Å². The van der Waals surface area contributed by atoms with E-state index < -0.39 is 0 Å². The lowest BCUT2D eigenvalue weighted by Gasteiger charge is -2.20. The normalized spacial score (nSPS) is 11.5. The molecule has 3 nitrogen and oxygen atoms in total. The number of thioether (sulfide) groups is 1. The van der Waals surface area contributed by atoms with E-state index in [1.165, 1.54) is 10.5 Å². The number of amides is 2. The minimum atomic E-state index is -0.195. The SMILES string of the molecule is CC(C)Sc1ccc(CCNC(=O)NC(C)(C)C)cc1. The van der Waals surface area contributed by atoms with Crippen LogP contribution in [0.4, 0.5) is 4.79 Å². The Balaban J connectivity index is 2.33. The predicted molar refractivity (Wildman–Crippen MR) is 87.4 cm³/mol. The van der Waals surface area contributed by atoms with Crippen molar-refractivity contribution in [3.8, 4) is 0 Å². The summed E-state index contributed by atoms with van der Waals surface area (Å²) >= 11 is 1.86. The largest absolute Gasteiger partial charge is 0.338 e. The van der Waals surface area contributed by atoms with Gasteiger partial charge in [0, 0.05) is 22.2 Å². The topological polar surface area (TPSA) is 41.1 Å². The quantitative estimate of drug-likeness (QED) is 0.810. The van der Waals surface area contributed by atoms with Crippen LogP contribution in [0.2, 0.25) is 0 Å². The number of rotatable bonds is 5. The molecule has 4 heteroatoms. The fourth-order valence-electron chi connectivity index (χ4n) is 1.71. The number of carbonyl (C=O) groups is 1. The molecule has 0 aliphatic carbocycles. The highest BCUT2D eigenvalue weighted by molar-refractivity contribution is 7.99. The predicted octanol–water partition coefficient (Wildman–Crippen LogP) is 3.83. The first kappa shape index (κ1) is 16.9. The fourth-order valence-corrected chi connectivity index (χ4v) is 2.55. The van der Waals surface area contributed by atoms with E-state index in [9.17, 15) is 4.79 Å². The van der Waals surface area contributed by atoms with Gasteiger partial charge in [0.15, 0.2) is 0 Å². The summed E-state index contributed by atoms with van der Waals surface area (Å²) in [4.78, 5) is 12.9. The monoisotopic (exact) mass is 294 g/mol. The summed E-state index contributed by atoms with van der Waals surface area (Å²) in [5, 5.41) is 6.36. The number of carbonyl (C=O) groups excluding carboxylic acids is 1. The molecule has 0 aliphatic heterocycles. The third-order valence-electron chi connectivity index (χ3n) is 2.48.